The molecule has 0 aliphatic heterocycles. The summed E-state index contributed by atoms with van der Waals surface area (Å²) in [6, 6.07) is 8.16. The van der Waals surface area contributed by atoms with Gasteiger partial charge in [0.1, 0.15) is 18.6 Å². The molecule has 0 saturated carbocycles. The van der Waals surface area contributed by atoms with Crippen molar-refractivity contribution in [2.75, 3.05) is 18.1 Å². The van der Waals surface area contributed by atoms with Gasteiger partial charge in [-0.15, -0.1) is 0 Å². The van der Waals surface area contributed by atoms with Crippen molar-refractivity contribution < 1.29 is 29.4 Å². The third kappa shape index (κ3) is 12.6. The molecule has 0 heterocycles. The number of hydrogen-bond acceptors (Lipinski definition) is 6. The van der Waals surface area contributed by atoms with Crippen LogP contribution in [0.2, 0.25) is 0 Å². The zero-order valence-electron chi connectivity index (χ0n) is 17.4. The molecule has 6 N–H and O–H groups in total. The van der Waals surface area contributed by atoms with Crippen molar-refractivity contribution >= 4 is 35.5 Å². The highest BCUT2D eigenvalue weighted by Gasteiger charge is 2.22. The summed E-state index contributed by atoms with van der Waals surface area (Å²) in [6.45, 7) is -0.542. The first-order chi connectivity index (χ1) is 14.8. The van der Waals surface area contributed by atoms with Gasteiger partial charge in [0.15, 0.2) is 0 Å². The highest BCUT2D eigenvalue weighted by Crippen LogP contribution is 2.11. The molecule has 0 aromatic heterocycles. The monoisotopic (exact) mass is 453 g/mol. The number of unbranched alkanes of at least 4 members (excludes halogenated alkanes) is 2. The fourth-order valence-corrected chi connectivity index (χ4v) is 3.75. The van der Waals surface area contributed by atoms with E-state index in [1.807, 2.05) is 18.2 Å². The summed E-state index contributed by atoms with van der Waals surface area (Å²) in [6.07, 6.45) is 3.88. The van der Waals surface area contributed by atoms with Crippen molar-refractivity contribution in [2.45, 2.75) is 50.6 Å². The van der Waals surface area contributed by atoms with Crippen LogP contribution in [-0.2, 0) is 25.6 Å². The number of amides is 2. The summed E-state index contributed by atoms with van der Waals surface area (Å²) in [5.74, 6) is -2.38. The zero-order valence-corrected chi connectivity index (χ0v) is 18.2. The van der Waals surface area contributed by atoms with E-state index in [0.29, 0.717) is 5.75 Å². The van der Waals surface area contributed by atoms with E-state index in [1.54, 1.807) is 0 Å². The molecule has 0 aliphatic rings. The Balaban J connectivity index is 2.37. The first-order valence-electron chi connectivity index (χ1n) is 10.2. The summed E-state index contributed by atoms with van der Waals surface area (Å²) in [4.78, 5) is 45.7. The zero-order chi connectivity index (χ0) is 23.1. The minimum Gasteiger partial charge on any atom is -0.480 e. The number of aryl methyl sites for hydroxylation is 1. The van der Waals surface area contributed by atoms with E-state index in [1.165, 1.54) is 17.3 Å². The highest BCUT2D eigenvalue weighted by molar-refractivity contribution is 7.99. The van der Waals surface area contributed by atoms with Crippen molar-refractivity contribution in [3.05, 3.63) is 35.9 Å². The summed E-state index contributed by atoms with van der Waals surface area (Å²) < 4.78 is 0. The van der Waals surface area contributed by atoms with Gasteiger partial charge in [-0.2, -0.15) is 11.8 Å². The molecule has 0 spiro atoms. The first-order valence-corrected chi connectivity index (χ1v) is 11.3. The van der Waals surface area contributed by atoms with Gasteiger partial charge in [0, 0.05) is 12.2 Å². The molecule has 10 heteroatoms. The number of benzene rings is 1. The number of aliphatic carboxylic acids is 2. The van der Waals surface area contributed by atoms with Gasteiger partial charge in [-0.25, -0.2) is 0 Å². The number of carboxylic acids is 2. The molecule has 0 radical (unpaired) electrons. The van der Waals surface area contributed by atoms with Gasteiger partial charge in [0.2, 0.25) is 11.8 Å². The van der Waals surface area contributed by atoms with Gasteiger partial charge < -0.3 is 26.6 Å². The number of carbonyl (C=O) groups is 4. The van der Waals surface area contributed by atoms with E-state index in [-0.39, 0.29) is 12.8 Å². The molecule has 172 valence electrons. The topological polar surface area (TPSA) is 159 Å². The SMILES string of the molecule is N[C@@H](CCC(=O)NC(CSCCCCCc1ccccc1)C(=O)NCC(=O)O)C(=O)O. The molecule has 31 heavy (non-hydrogen) atoms. The van der Waals surface area contributed by atoms with Crippen LogP contribution >= 0.6 is 11.8 Å². The Hall–Kier alpha value is -2.59. The quantitative estimate of drug-likeness (QED) is 0.232. The van der Waals surface area contributed by atoms with Crippen molar-refractivity contribution in [1.29, 1.82) is 0 Å². The van der Waals surface area contributed by atoms with Gasteiger partial charge in [0.05, 0.1) is 0 Å². The molecule has 1 aromatic rings. The third-order valence-corrected chi connectivity index (χ3v) is 5.59. The van der Waals surface area contributed by atoms with Gasteiger partial charge in [-0.1, -0.05) is 36.8 Å². The van der Waals surface area contributed by atoms with Gasteiger partial charge in [-0.05, 0) is 37.0 Å². The van der Waals surface area contributed by atoms with Gasteiger partial charge >= 0.3 is 11.9 Å². The Morgan fingerprint density at radius 1 is 1.03 bits per heavy atom. The van der Waals surface area contributed by atoms with E-state index in [9.17, 15) is 19.2 Å². The van der Waals surface area contributed by atoms with E-state index in [0.717, 1.165) is 31.4 Å². The van der Waals surface area contributed by atoms with Crippen LogP contribution < -0.4 is 16.4 Å². The van der Waals surface area contributed by atoms with Crippen molar-refractivity contribution in [1.82, 2.24) is 10.6 Å². The van der Waals surface area contributed by atoms with Crippen LogP contribution in [0.1, 0.15) is 37.7 Å². The summed E-state index contributed by atoms with van der Waals surface area (Å²) in [7, 11) is 0. The Kier molecular flexibility index (Phi) is 13.0. The number of rotatable bonds is 16. The molecular weight excluding hydrogens is 422 g/mol. The predicted octanol–water partition coefficient (Wildman–Crippen LogP) is 1.01. The van der Waals surface area contributed by atoms with Crippen LogP contribution in [0.25, 0.3) is 0 Å². The summed E-state index contributed by atoms with van der Waals surface area (Å²) in [5, 5.41) is 22.3. The second-order valence-electron chi connectivity index (χ2n) is 7.09. The lowest BCUT2D eigenvalue weighted by Gasteiger charge is -2.18. The second-order valence-corrected chi connectivity index (χ2v) is 8.24. The molecule has 9 nitrogen and oxygen atoms in total. The van der Waals surface area contributed by atoms with Gasteiger partial charge in [0.25, 0.3) is 0 Å². The molecular formula is C21H31N3O6S. The van der Waals surface area contributed by atoms with Crippen LogP contribution in [0, 0.1) is 0 Å². The standard InChI is InChI=1S/C21H31N3O6S/c22-16(21(29)30)10-11-18(25)24-17(20(28)23-13-19(26)27)14-31-12-6-2-5-9-15-7-3-1-4-8-15/h1,3-4,7-8,16-17H,2,5-6,9-14,22H2,(H,23,28)(H,24,25)(H,26,27)(H,29,30)/t16-,17?/m0/s1. The number of carboxylic acid groups (broad SMARTS) is 2. The van der Waals surface area contributed by atoms with Crippen LogP contribution in [0.3, 0.4) is 0 Å². The first kappa shape index (κ1) is 26.4. The van der Waals surface area contributed by atoms with Crippen molar-refractivity contribution in [3.63, 3.8) is 0 Å². The number of nitrogens with two attached hydrogens (primary N) is 1. The van der Waals surface area contributed by atoms with E-state index in [2.05, 4.69) is 22.8 Å². The maximum absolute atomic E-state index is 12.2. The fourth-order valence-electron chi connectivity index (χ4n) is 2.70. The smallest absolute Gasteiger partial charge is 0.322 e. The van der Waals surface area contributed by atoms with E-state index in [4.69, 9.17) is 15.9 Å². The molecule has 1 unspecified atom stereocenters. The van der Waals surface area contributed by atoms with E-state index >= 15 is 0 Å². The van der Waals surface area contributed by atoms with Crippen molar-refractivity contribution in [3.8, 4) is 0 Å². The molecule has 2 atom stereocenters. The lowest BCUT2D eigenvalue weighted by molar-refractivity contribution is -0.139. The van der Waals surface area contributed by atoms with Gasteiger partial charge in [-0.3, -0.25) is 19.2 Å². The summed E-state index contributed by atoms with van der Waals surface area (Å²) >= 11 is 1.50. The van der Waals surface area contributed by atoms with Crippen molar-refractivity contribution in [2.24, 2.45) is 5.73 Å². The predicted molar refractivity (Wildman–Crippen MR) is 119 cm³/mol. The largest absolute Gasteiger partial charge is 0.480 e. The minimum absolute atomic E-state index is 0.0564. The lowest BCUT2D eigenvalue weighted by atomic mass is 10.1. The Bertz CT molecular complexity index is 716. The molecule has 2 amide bonds. The number of nitrogens with one attached hydrogen (secondary N) is 2. The number of carbonyl (C=O) groups excluding carboxylic acids is 2. The molecule has 0 bridgehead atoms. The van der Waals surface area contributed by atoms with E-state index < -0.39 is 42.4 Å². The Morgan fingerprint density at radius 3 is 2.39 bits per heavy atom. The minimum atomic E-state index is -1.20. The maximum atomic E-state index is 12.2. The maximum Gasteiger partial charge on any atom is 0.322 e. The van der Waals surface area contributed by atoms with Crippen LogP contribution in [0.5, 0.6) is 0 Å². The Morgan fingerprint density at radius 2 is 1.74 bits per heavy atom. The van der Waals surface area contributed by atoms with Crippen LogP contribution in [-0.4, -0.2) is 64.1 Å². The molecule has 1 aromatic carbocycles. The molecule has 0 aliphatic carbocycles. The normalized spacial score (nSPS) is 12.5. The molecule has 0 fully saturated rings. The Labute approximate surface area is 186 Å². The molecule has 1 rings (SSSR count). The molecule has 0 saturated heterocycles. The average molecular weight is 454 g/mol. The fraction of sp³-hybridized carbons (Fsp3) is 0.524. The number of hydrogen-bond donors (Lipinski definition) is 5. The average Bonchev–Trinajstić information content (AvgIpc) is 2.74. The van der Waals surface area contributed by atoms with Crippen LogP contribution in [0.4, 0.5) is 0 Å². The lowest BCUT2D eigenvalue weighted by Crippen LogP contribution is -2.49. The second kappa shape index (κ2) is 15.2. The highest BCUT2D eigenvalue weighted by atomic mass is 32.2. The number of thioether (sulfide) groups is 1. The summed E-state index contributed by atoms with van der Waals surface area (Å²) in [5.41, 5.74) is 6.68. The third-order valence-electron chi connectivity index (χ3n) is 4.45. The van der Waals surface area contributed by atoms with Crippen LogP contribution in [0.15, 0.2) is 30.3 Å².